The molecule has 0 saturated carbocycles. The van der Waals surface area contributed by atoms with Gasteiger partial charge < -0.3 is 25.4 Å². The number of aliphatic hydroxyl groups excluding tert-OH is 1. The van der Waals surface area contributed by atoms with Crippen molar-refractivity contribution in [1.29, 1.82) is 0 Å². The molecule has 0 saturated heterocycles. The van der Waals surface area contributed by atoms with Crippen LogP contribution in [0.25, 0.3) is 0 Å². The molecule has 2 unspecified atom stereocenters. The Labute approximate surface area is 200 Å². The molecule has 2 aromatic rings. The fourth-order valence-electron chi connectivity index (χ4n) is 3.29. The van der Waals surface area contributed by atoms with E-state index in [1.165, 1.54) is 11.0 Å². The highest BCUT2D eigenvalue weighted by molar-refractivity contribution is 5.92. The second kappa shape index (κ2) is 12.6. The van der Waals surface area contributed by atoms with Gasteiger partial charge in [-0.05, 0) is 31.9 Å². The smallest absolute Gasteiger partial charge is 0.408 e. The molecule has 3 amide bonds. The summed E-state index contributed by atoms with van der Waals surface area (Å²) in [4.78, 5) is 40.3. The van der Waals surface area contributed by atoms with Crippen LogP contribution in [0.5, 0.6) is 0 Å². The van der Waals surface area contributed by atoms with Crippen LogP contribution in [0.3, 0.4) is 0 Å². The number of rotatable bonds is 10. The van der Waals surface area contributed by atoms with E-state index in [4.69, 9.17) is 4.74 Å². The van der Waals surface area contributed by atoms with Crippen LogP contribution in [0, 0.1) is 0 Å². The van der Waals surface area contributed by atoms with E-state index >= 15 is 0 Å². The molecular weight excluding hydrogens is 434 g/mol. The van der Waals surface area contributed by atoms with E-state index in [1.54, 1.807) is 45.0 Å². The molecule has 8 nitrogen and oxygen atoms in total. The molecule has 8 heteroatoms. The minimum atomic E-state index is -1.30. The first-order valence-electron chi connectivity index (χ1n) is 11.0. The Morgan fingerprint density at radius 3 is 2.18 bits per heavy atom. The number of alkyl carbamates (subject to hydrolysis) is 1. The molecule has 182 valence electrons. The predicted molar refractivity (Wildman–Crippen MR) is 130 cm³/mol. The van der Waals surface area contributed by atoms with Gasteiger partial charge in [-0.2, -0.15) is 0 Å². The van der Waals surface area contributed by atoms with Gasteiger partial charge >= 0.3 is 6.09 Å². The third-order valence-electron chi connectivity index (χ3n) is 4.77. The van der Waals surface area contributed by atoms with Gasteiger partial charge in [0.2, 0.25) is 11.8 Å². The van der Waals surface area contributed by atoms with Crippen molar-refractivity contribution >= 4 is 17.9 Å². The van der Waals surface area contributed by atoms with Crippen molar-refractivity contribution in [3.8, 4) is 0 Å². The van der Waals surface area contributed by atoms with E-state index in [2.05, 4.69) is 17.2 Å². The van der Waals surface area contributed by atoms with Crippen molar-refractivity contribution in [2.75, 3.05) is 13.2 Å². The molecule has 3 N–H and O–H groups in total. The second-order valence-corrected chi connectivity index (χ2v) is 8.68. The van der Waals surface area contributed by atoms with Crippen molar-refractivity contribution in [2.45, 2.75) is 45.0 Å². The molecule has 0 heterocycles. The van der Waals surface area contributed by atoms with Crippen LogP contribution in [-0.4, -0.2) is 52.7 Å². The summed E-state index contributed by atoms with van der Waals surface area (Å²) in [6.07, 6.45) is 0.642. The van der Waals surface area contributed by atoms with E-state index in [0.29, 0.717) is 5.56 Å². The first-order valence-corrected chi connectivity index (χ1v) is 11.0. The number of nitrogens with one attached hydrogen (secondary N) is 2. The van der Waals surface area contributed by atoms with Gasteiger partial charge in [-0.1, -0.05) is 66.7 Å². The quantitative estimate of drug-likeness (QED) is 0.466. The number of ether oxygens (including phenoxy) is 1. The topological polar surface area (TPSA) is 108 Å². The van der Waals surface area contributed by atoms with Crippen molar-refractivity contribution < 1.29 is 24.2 Å². The molecule has 34 heavy (non-hydrogen) atoms. The zero-order chi connectivity index (χ0) is 25.1. The summed E-state index contributed by atoms with van der Waals surface area (Å²) >= 11 is 0. The van der Waals surface area contributed by atoms with Crippen molar-refractivity contribution in [3.05, 3.63) is 84.4 Å². The summed E-state index contributed by atoms with van der Waals surface area (Å²) in [6.45, 7) is 8.40. The number of carbonyl (C=O) groups excluding carboxylic acids is 3. The van der Waals surface area contributed by atoms with Crippen LogP contribution in [0.1, 0.15) is 37.9 Å². The Morgan fingerprint density at radius 1 is 1.06 bits per heavy atom. The number of carbonyl (C=O) groups is 3. The lowest BCUT2D eigenvalue weighted by molar-refractivity contribution is -0.142. The molecule has 0 aliphatic heterocycles. The maximum absolute atomic E-state index is 13.4. The minimum absolute atomic E-state index is 0.0175. The van der Waals surface area contributed by atoms with Crippen LogP contribution in [0.4, 0.5) is 4.79 Å². The van der Waals surface area contributed by atoms with Gasteiger partial charge in [0.1, 0.15) is 17.7 Å². The standard InChI is InChI=1S/C26H33N3O5/c1-5-16-29(24(32)21(18-30)28-25(33)34-26(2,3)4)22(20-14-10-7-11-15-20)23(31)27-17-19-12-8-6-9-13-19/h5-15,21-22,30H,1,16-18H2,2-4H3,(H,27,31)(H,28,33). The summed E-state index contributed by atoms with van der Waals surface area (Å²) in [5.41, 5.74) is 0.707. The lowest BCUT2D eigenvalue weighted by atomic mass is 10.0. The molecule has 0 aromatic heterocycles. The lowest BCUT2D eigenvalue weighted by Crippen LogP contribution is -2.54. The molecule has 0 radical (unpaired) electrons. The monoisotopic (exact) mass is 467 g/mol. The first-order chi connectivity index (χ1) is 16.2. The number of benzene rings is 2. The number of amides is 3. The van der Waals surface area contributed by atoms with E-state index in [-0.39, 0.29) is 13.1 Å². The van der Waals surface area contributed by atoms with E-state index in [1.807, 2.05) is 36.4 Å². The highest BCUT2D eigenvalue weighted by atomic mass is 16.6. The second-order valence-electron chi connectivity index (χ2n) is 8.68. The molecule has 0 aliphatic rings. The number of nitrogens with zero attached hydrogens (tertiary/aromatic N) is 1. The van der Waals surface area contributed by atoms with E-state index in [9.17, 15) is 19.5 Å². The summed E-state index contributed by atoms with van der Waals surface area (Å²) < 4.78 is 5.21. The molecular formula is C26H33N3O5. The molecule has 0 bridgehead atoms. The lowest BCUT2D eigenvalue weighted by Gasteiger charge is -2.33. The molecule has 0 spiro atoms. The van der Waals surface area contributed by atoms with Crippen LogP contribution in [-0.2, 0) is 20.9 Å². The van der Waals surface area contributed by atoms with Gasteiger partial charge in [0.05, 0.1) is 6.61 Å². The zero-order valence-corrected chi connectivity index (χ0v) is 19.9. The SMILES string of the molecule is C=CCN(C(=O)C(CO)NC(=O)OC(C)(C)C)C(C(=O)NCc1ccccc1)c1ccccc1. The van der Waals surface area contributed by atoms with E-state index in [0.717, 1.165) is 5.56 Å². The summed E-state index contributed by atoms with van der Waals surface area (Å²) in [6, 6.07) is 15.9. The Hall–Kier alpha value is -3.65. The van der Waals surface area contributed by atoms with Gasteiger partial charge in [0, 0.05) is 13.1 Å². The minimum Gasteiger partial charge on any atom is -0.444 e. The van der Waals surface area contributed by atoms with Gasteiger partial charge in [-0.25, -0.2) is 4.79 Å². The third kappa shape index (κ3) is 8.04. The molecule has 2 rings (SSSR count). The first kappa shape index (κ1) is 26.6. The number of aliphatic hydroxyl groups is 1. The Balaban J connectivity index is 2.31. The maximum atomic E-state index is 13.4. The van der Waals surface area contributed by atoms with Crippen LogP contribution >= 0.6 is 0 Å². The highest BCUT2D eigenvalue weighted by Crippen LogP contribution is 2.23. The molecule has 0 fully saturated rings. The zero-order valence-electron chi connectivity index (χ0n) is 19.9. The van der Waals surface area contributed by atoms with Crippen molar-refractivity contribution in [3.63, 3.8) is 0 Å². The van der Waals surface area contributed by atoms with Crippen molar-refractivity contribution in [1.82, 2.24) is 15.5 Å². The highest BCUT2D eigenvalue weighted by Gasteiger charge is 2.35. The summed E-state index contributed by atoms with van der Waals surface area (Å²) in [5.74, 6) is -1.05. The number of hydrogen-bond acceptors (Lipinski definition) is 5. The predicted octanol–water partition coefficient (Wildman–Crippen LogP) is 2.94. The maximum Gasteiger partial charge on any atom is 0.408 e. The van der Waals surface area contributed by atoms with Gasteiger partial charge in [0.25, 0.3) is 0 Å². The Morgan fingerprint density at radius 2 is 1.65 bits per heavy atom. The fourth-order valence-corrected chi connectivity index (χ4v) is 3.29. The van der Waals surface area contributed by atoms with Crippen LogP contribution < -0.4 is 10.6 Å². The Bertz CT molecular complexity index is 957. The average molecular weight is 468 g/mol. The molecule has 2 atom stereocenters. The van der Waals surface area contributed by atoms with Crippen molar-refractivity contribution in [2.24, 2.45) is 0 Å². The van der Waals surface area contributed by atoms with Crippen LogP contribution in [0.2, 0.25) is 0 Å². The van der Waals surface area contributed by atoms with Crippen LogP contribution in [0.15, 0.2) is 73.3 Å². The number of hydrogen-bond donors (Lipinski definition) is 3. The van der Waals surface area contributed by atoms with Gasteiger partial charge in [-0.15, -0.1) is 6.58 Å². The normalized spacial score (nSPS) is 12.7. The largest absolute Gasteiger partial charge is 0.444 e. The fraction of sp³-hybridized carbons (Fsp3) is 0.346. The molecule has 0 aliphatic carbocycles. The third-order valence-corrected chi connectivity index (χ3v) is 4.77. The molecule has 2 aromatic carbocycles. The van der Waals surface area contributed by atoms with Gasteiger partial charge in [-0.3, -0.25) is 9.59 Å². The Kier molecular flexibility index (Phi) is 9.82. The van der Waals surface area contributed by atoms with E-state index < -0.39 is 42.2 Å². The average Bonchev–Trinajstić information content (AvgIpc) is 2.80. The summed E-state index contributed by atoms with van der Waals surface area (Å²) in [5, 5.41) is 15.1. The summed E-state index contributed by atoms with van der Waals surface area (Å²) in [7, 11) is 0. The van der Waals surface area contributed by atoms with Gasteiger partial charge in [0.15, 0.2) is 0 Å².